The van der Waals surface area contributed by atoms with Crippen molar-refractivity contribution >= 4 is 6.03 Å². The Kier molecular flexibility index (Phi) is 3.24. The number of hydrogen-bond donors (Lipinski definition) is 2. The van der Waals surface area contributed by atoms with Crippen LogP contribution in [0.4, 0.5) is 4.79 Å². The van der Waals surface area contributed by atoms with Crippen LogP contribution in [0.25, 0.3) is 0 Å². The number of amides is 2. The highest BCUT2D eigenvalue weighted by Crippen LogP contribution is 2.44. The van der Waals surface area contributed by atoms with Crippen LogP contribution >= 0.6 is 0 Å². The van der Waals surface area contributed by atoms with E-state index in [1.807, 2.05) is 18.2 Å². The van der Waals surface area contributed by atoms with Gasteiger partial charge >= 0.3 is 6.03 Å². The number of para-hydroxylation sites is 1. The van der Waals surface area contributed by atoms with Crippen molar-refractivity contribution < 1.29 is 9.53 Å². The van der Waals surface area contributed by atoms with E-state index in [4.69, 9.17) is 4.74 Å². The molecule has 2 amide bonds. The van der Waals surface area contributed by atoms with Gasteiger partial charge < -0.3 is 15.4 Å². The van der Waals surface area contributed by atoms with E-state index in [2.05, 4.69) is 16.7 Å². The summed E-state index contributed by atoms with van der Waals surface area (Å²) < 4.78 is 5.84. The molecule has 112 valence electrons. The third-order valence-electron chi connectivity index (χ3n) is 4.76. The van der Waals surface area contributed by atoms with E-state index < -0.39 is 0 Å². The smallest absolute Gasteiger partial charge is 0.315 e. The van der Waals surface area contributed by atoms with E-state index in [-0.39, 0.29) is 12.1 Å². The zero-order valence-electron chi connectivity index (χ0n) is 12.2. The van der Waals surface area contributed by atoms with Crippen LogP contribution in [0, 0.1) is 11.8 Å². The molecule has 1 unspecified atom stereocenters. The lowest BCUT2D eigenvalue weighted by atomic mass is 10.1. The number of rotatable bonds is 5. The zero-order valence-corrected chi connectivity index (χ0v) is 12.2. The maximum Gasteiger partial charge on any atom is 0.315 e. The van der Waals surface area contributed by atoms with Gasteiger partial charge in [0.05, 0.1) is 6.54 Å². The number of hydrogen-bond acceptors (Lipinski definition) is 2. The van der Waals surface area contributed by atoms with E-state index in [1.54, 1.807) is 0 Å². The molecule has 1 aromatic carbocycles. The van der Waals surface area contributed by atoms with Crippen molar-refractivity contribution in [3.63, 3.8) is 0 Å². The minimum Gasteiger partial charge on any atom is -0.488 e. The van der Waals surface area contributed by atoms with E-state index in [1.165, 1.54) is 31.2 Å². The monoisotopic (exact) mass is 286 g/mol. The van der Waals surface area contributed by atoms with Crippen LogP contribution in [0.3, 0.4) is 0 Å². The van der Waals surface area contributed by atoms with Crippen LogP contribution in [-0.2, 0) is 6.42 Å². The molecule has 4 nitrogen and oxygen atoms in total. The van der Waals surface area contributed by atoms with Crippen molar-refractivity contribution in [2.75, 3.05) is 6.54 Å². The lowest BCUT2D eigenvalue weighted by Gasteiger charge is -2.19. The standard InChI is InChI=1S/C17H22N2O2/c20-17(19-16(11-5-6-11)12-7-8-12)18-10-14-9-13-3-1-2-4-15(13)21-14/h1-4,11-12,14,16H,5-10H2,(H2,18,19,20). The molecule has 4 heteroatoms. The Morgan fingerprint density at radius 1 is 1.19 bits per heavy atom. The number of nitrogens with one attached hydrogen (secondary N) is 2. The minimum absolute atomic E-state index is 0.0293. The Hall–Kier alpha value is -1.71. The van der Waals surface area contributed by atoms with Crippen molar-refractivity contribution in [2.45, 2.75) is 44.2 Å². The first-order valence-electron chi connectivity index (χ1n) is 8.08. The molecule has 3 aliphatic rings. The molecule has 0 spiro atoms. The van der Waals surface area contributed by atoms with Gasteiger partial charge in [-0.1, -0.05) is 18.2 Å². The second kappa shape index (κ2) is 5.24. The Morgan fingerprint density at radius 3 is 2.57 bits per heavy atom. The maximum absolute atomic E-state index is 12.1. The second-order valence-corrected chi connectivity index (χ2v) is 6.61. The van der Waals surface area contributed by atoms with Gasteiger partial charge in [0, 0.05) is 12.5 Å². The van der Waals surface area contributed by atoms with Crippen LogP contribution in [0.15, 0.2) is 24.3 Å². The number of carbonyl (C=O) groups excluding carboxylic acids is 1. The summed E-state index contributed by atoms with van der Waals surface area (Å²) in [6.07, 6.45) is 6.06. The topological polar surface area (TPSA) is 50.4 Å². The Morgan fingerprint density at radius 2 is 1.90 bits per heavy atom. The molecule has 0 bridgehead atoms. The van der Waals surface area contributed by atoms with Crippen molar-refractivity contribution in [3.05, 3.63) is 29.8 Å². The van der Waals surface area contributed by atoms with E-state index in [0.717, 1.165) is 24.0 Å². The second-order valence-electron chi connectivity index (χ2n) is 6.61. The molecule has 0 aromatic heterocycles. The predicted molar refractivity (Wildman–Crippen MR) is 80.3 cm³/mol. The molecular formula is C17H22N2O2. The Bertz CT molecular complexity index is 500. The number of fused-ring (bicyclic) bond motifs is 1. The van der Waals surface area contributed by atoms with Gasteiger partial charge in [0.25, 0.3) is 0 Å². The van der Waals surface area contributed by atoms with Gasteiger partial charge in [-0.3, -0.25) is 0 Å². The SMILES string of the molecule is O=C(NCC1Cc2ccccc2O1)NC(C1CC1)C1CC1. The lowest BCUT2D eigenvalue weighted by molar-refractivity contribution is 0.210. The molecule has 4 rings (SSSR count). The summed E-state index contributed by atoms with van der Waals surface area (Å²) >= 11 is 0. The summed E-state index contributed by atoms with van der Waals surface area (Å²) in [7, 11) is 0. The highest BCUT2D eigenvalue weighted by molar-refractivity contribution is 5.74. The third-order valence-corrected chi connectivity index (χ3v) is 4.76. The normalized spacial score (nSPS) is 23.6. The molecule has 1 aromatic rings. The molecule has 0 saturated heterocycles. The van der Waals surface area contributed by atoms with Crippen LogP contribution in [0.1, 0.15) is 31.2 Å². The summed E-state index contributed by atoms with van der Waals surface area (Å²) in [5, 5.41) is 6.16. The van der Waals surface area contributed by atoms with Crippen molar-refractivity contribution in [1.82, 2.24) is 10.6 Å². The molecule has 0 radical (unpaired) electrons. The molecule has 2 fully saturated rings. The van der Waals surface area contributed by atoms with E-state index in [0.29, 0.717) is 12.6 Å². The van der Waals surface area contributed by atoms with Gasteiger partial charge in [-0.15, -0.1) is 0 Å². The first kappa shape index (κ1) is 13.0. The Labute approximate surface area is 125 Å². The molecule has 21 heavy (non-hydrogen) atoms. The van der Waals surface area contributed by atoms with Crippen LogP contribution < -0.4 is 15.4 Å². The van der Waals surface area contributed by atoms with Gasteiger partial charge in [0.2, 0.25) is 0 Å². The van der Waals surface area contributed by atoms with Gasteiger partial charge in [-0.25, -0.2) is 4.79 Å². The molecule has 2 saturated carbocycles. The number of benzene rings is 1. The molecule has 2 N–H and O–H groups in total. The third kappa shape index (κ3) is 2.99. The average Bonchev–Trinajstić information content (AvgIpc) is 3.39. The molecule has 1 atom stereocenters. The van der Waals surface area contributed by atoms with E-state index in [9.17, 15) is 4.79 Å². The maximum atomic E-state index is 12.1. The van der Waals surface area contributed by atoms with Gasteiger partial charge in [0.15, 0.2) is 0 Å². The van der Waals surface area contributed by atoms with Gasteiger partial charge in [-0.05, 0) is 49.1 Å². The predicted octanol–water partition coefficient (Wildman–Crippen LogP) is 2.48. The highest BCUT2D eigenvalue weighted by Gasteiger charge is 2.42. The van der Waals surface area contributed by atoms with Crippen LogP contribution in [0.2, 0.25) is 0 Å². The fourth-order valence-electron chi connectivity index (χ4n) is 3.31. The zero-order chi connectivity index (χ0) is 14.2. The van der Waals surface area contributed by atoms with Crippen LogP contribution in [-0.4, -0.2) is 24.7 Å². The van der Waals surface area contributed by atoms with Gasteiger partial charge in [0.1, 0.15) is 11.9 Å². The van der Waals surface area contributed by atoms with Crippen molar-refractivity contribution in [2.24, 2.45) is 11.8 Å². The number of urea groups is 1. The fraction of sp³-hybridized carbons (Fsp3) is 0.588. The lowest BCUT2D eigenvalue weighted by Crippen LogP contribution is -2.46. The number of ether oxygens (including phenoxy) is 1. The quantitative estimate of drug-likeness (QED) is 0.873. The summed E-state index contributed by atoms with van der Waals surface area (Å²) in [6.45, 7) is 0.572. The molecule has 2 aliphatic carbocycles. The minimum atomic E-state index is -0.0293. The first-order valence-corrected chi connectivity index (χ1v) is 8.08. The van der Waals surface area contributed by atoms with Crippen molar-refractivity contribution in [1.29, 1.82) is 0 Å². The largest absolute Gasteiger partial charge is 0.488 e. The summed E-state index contributed by atoms with van der Waals surface area (Å²) in [5.74, 6) is 2.42. The summed E-state index contributed by atoms with van der Waals surface area (Å²) in [4.78, 5) is 12.1. The summed E-state index contributed by atoms with van der Waals surface area (Å²) in [5.41, 5.74) is 1.23. The molecular weight excluding hydrogens is 264 g/mol. The fourth-order valence-corrected chi connectivity index (χ4v) is 3.31. The van der Waals surface area contributed by atoms with Gasteiger partial charge in [-0.2, -0.15) is 0 Å². The first-order chi connectivity index (χ1) is 10.3. The molecule has 1 heterocycles. The van der Waals surface area contributed by atoms with Crippen molar-refractivity contribution in [3.8, 4) is 5.75 Å². The van der Waals surface area contributed by atoms with Crippen LogP contribution in [0.5, 0.6) is 5.75 Å². The summed E-state index contributed by atoms with van der Waals surface area (Å²) in [6, 6.07) is 8.47. The molecule has 1 aliphatic heterocycles. The Balaban J connectivity index is 1.25. The average molecular weight is 286 g/mol. The van der Waals surface area contributed by atoms with E-state index >= 15 is 0 Å². The highest BCUT2D eigenvalue weighted by atomic mass is 16.5. The number of carbonyl (C=O) groups is 1.